The molecule has 8 nitrogen and oxygen atoms in total. The van der Waals surface area contributed by atoms with Gasteiger partial charge in [-0.15, -0.1) is 0 Å². The van der Waals surface area contributed by atoms with Crippen LogP contribution in [0.15, 0.2) is 35.4 Å². The second kappa shape index (κ2) is 6.34. The molecule has 0 radical (unpaired) electrons. The van der Waals surface area contributed by atoms with E-state index in [4.69, 9.17) is 5.11 Å². The van der Waals surface area contributed by atoms with Crippen LogP contribution in [0.2, 0.25) is 0 Å². The number of hydrogen-bond donors (Lipinski definition) is 3. The van der Waals surface area contributed by atoms with Gasteiger partial charge in [0, 0.05) is 17.1 Å². The van der Waals surface area contributed by atoms with Crippen molar-refractivity contribution in [2.24, 2.45) is 0 Å². The summed E-state index contributed by atoms with van der Waals surface area (Å²) in [5, 5.41) is 19.3. The number of sulfone groups is 1. The van der Waals surface area contributed by atoms with Crippen LogP contribution in [0.5, 0.6) is 0 Å². The van der Waals surface area contributed by atoms with Crippen LogP contribution in [0.3, 0.4) is 0 Å². The van der Waals surface area contributed by atoms with E-state index in [0.717, 1.165) is 0 Å². The van der Waals surface area contributed by atoms with Crippen molar-refractivity contribution >= 4 is 38.2 Å². The first-order chi connectivity index (χ1) is 12.5. The van der Waals surface area contributed by atoms with Gasteiger partial charge in [0.15, 0.2) is 15.7 Å². The van der Waals surface area contributed by atoms with Crippen LogP contribution >= 0.6 is 0 Å². The number of aromatic carboxylic acids is 1. The number of carbonyl (C=O) groups is 1. The number of anilines is 2. The van der Waals surface area contributed by atoms with Crippen LogP contribution in [0.4, 0.5) is 11.5 Å². The maximum absolute atomic E-state index is 12.8. The van der Waals surface area contributed by atoms with E-state index in [2.05, 4.69) is 20.5 Å². The van der Waals surface area contributed by atoms with E-state index in [1.807, 2.05) is 0 Å². The quantitative estimate of drug-likeness (QED) is 0.626. The molecule has 3 rings (SSSR count). The zero-order valence-corrected chi connectivity index (χ0v) is 16.2. The normalized spacial score (nSPS) is 12.3. The Bertz CT molecular complexity index is 1140. The van der Waals surface area contributed by atoms with Gasteiger partial charge < -0.3 is 10.4 Å². The van der Waals surface area contributed by atoms with Gasteiger partial charge in [-0.3, -0.25) is 10.1 Å². The molecule has 0 saturated carbocycles. The number of nitrogens with zero attached hydrogens (tertiary/aromatic N) is 2. The van der Waals surface area contributed by atoms with E-state index in [0.29, 0.717) is 28.0 Å². The molecular weight excluding hydrogens is 368 g/mol. The summed E-state index contributed by atoms with van der Waals surface area (Å²) in [4.78, 5) is 15.6. The van der Waals surface area contributed by atoms with E-state index >= 15 is 0 Å². The number of benzene rings is 1. The van der Waals surface area contributed by atoms with Crippen molar-refractivity contribution in [3.63, 3.8) is 0 Å². The number of hydrogen-bond acceptors (Lipinski definition) is 6. The molecular formula is C18H20N4O4S. The highest BCUT2D eigenvalue weighted by molar-refractivity contribution is 7.92. The minimum atomic E-state index is -3.53. The van der Waals surface area contributed by atoms with E-state index in [1.54, 1.807) is 58.2 Å². The number of carboxylic acid groups (broad SMARTS) is 1. The van der Waals surface area contributed by atoms with Crippen molar-refractivity contribution in [3.8, 4) is 0 Å². The van der Waals surface area contributed by atoms with E-state index < -0.39 is 20.6 Å². The molecule has 0 aliphatic rings. The molecule has 9 heteroatoms. The van der Waals surface area contributed by atoms with E-state index in [9.17, 15) is 13.2 Å². The Hall–Kier alpha value is -2.94. The first-order valence-electron chi connectivity index (χ1n) is 8.21. The third-order valence-electron chi connectivity index (χ3n) is 4.31. The van der Waals surface area contributed by atoms with Gasteiger partial charge in [-0.2, -0.15) is 5.10 Å². The topological polar surface area (TPSA) is 125 Å². The maximum atomic E-state index is 12.8. The maximum Gasteiger partial charge on any atom is 0.354 e. The average molecular weight is 388 g/mol. The fourth-order valence-corrected chi connectivity index (χ4v) is 3.84. The van der Waals surface area contributed by atoms with Crippen molar-refractivity contribution in [1.82, 2.24) is 15.2 Å². The molecule has 0 bridgehead atoms. The van der Waals surface area contributed by atoms with Gasteiger partial charge in [0.25, 0.3) is 0 Å². The number of rotatable bonds is 4. The fraction of sp³-hybridized carbons (Fsp3) is 0.278. The molecule has 2 heterocycles. The predicted molar refractivity (Wildman–Crippen MR) is 102 cm³/mol. The summed E-state index contributed by atoms with van der Waals surface area (Å²) in [5.74, 6) is -0.754. The Morgan fingerprint density at radius 2 is 1.93 bits per heavy atom. The van der Waals surface area contributed by atoms with Crippen LogP contribution in [-0.4, -0.2) is 39.4 Å². The summed E-state index contributed by atoms with van der Waals surface area (Å²) in [7, 11) is -3.53. The monoisotopic (exact) mass is 388 g/mol. The summed E-state index contributed by atoms with van der Waals surface area (Å²) in [5.41, 5.74) is 1.63. The number of H-pyrrole nitrogens is 1. The van der Waals surface area contributed by atoms with Gasteiger partial charge in [-0.05, 0) is 52.0 Å². The van der Waals surface area contributed by atoms with Gasteiger partial charge >= 0.3 is 5.97 Å². The molecule has 0 spiro atoms. The van der Waals surface area contributed by atoms with Crippen LogP contribution in [0, 0.1) is 6.92 Å². The highest BCUT2D eigenvalue weighted by Gasteiger charge is 2.31. The SMILES string of the molecule is Cc1c(Nc2ccnc3ccc(S(=O)(=O)C(C)(C)C)cc23)n[nH]c1C(=O)O. The van der Waals surface area contributed by atoms with Gasteiger partial charge in [-0.1, -0.05) is 0 Å². The lowest BCUT2D eigenvalue weighted by Gasteiger charge is -2.19. The highest BCUT2D eigenvalue weighted by Crippen LogP contribution is 2.31. The zero-order chi connectivity index (χ0) is 20.0. The second-order valence-corrected chi connectivity index (χ2v) is 9.86. The fourth-order valence-electron chi connectivity index (χ4n) is 2.61. The number of nitrogens with one attached hydrogen (secondary N) is 2. The standard InChI is InChI=1S/C18H20N4O4S/c1-10-15(17(23)24)21-22-16(10)20-14-7-8-19-13-6-5-11(9-12(13)14)27(25,26)18(2,3)4/h5-9H,1-4H3,(H,23,24)(H2,19,20,21,22). The van der Waals surface area contributed by atoms with E-state index in [1.165, 1.54) is 0 Å². The number of fused-ring (bicyclic) bond motifs is 1. The Morgan fingerprint density at radius 1 is 1.22 bits per heavy atom. The molecule has 0 atom stereocenters. The molecule has 0 unspecified atom stereocenters. The molecule has 0 amide bonds. The van der Waals surface area contributed by atoms with Crippen molar-refractivity contribution in [1.29, 1.82) is 0 Å². The van der Waals surface area contributed by atoms with Gasteiger partial charge in [0.05, 0.1) is 20.8 Å². The minimum absolute atomic E-state index is 0.00754. The summed E-state index contributed by atoms with van der Waals surface area (Å²) in [6.07, 6.45) is 1.59. The molecule has 0 aliphatic carbocycles. The van der Waals surface area contributed by atoms with Crippen LogP contribution < -0.4 is 5.32 Å². The van der Waals surface area contributed by atoms with Gasteiger partial charge in [0.2, 0.25) is 0 Å². The molecule has 1 aromatic carbocycles. The smallest absolute Gasteiger partial charge is 0.354 e. The molecule has 3 aromatic rings. The Labute approximate surface area is 156 Å². The molecule has 3 N–H and O–H groups in total. The minimum Gasteiger partial charge on any atom is -0.477 e. The molecule has 0 fully saturated rings. The Balaban J connectivity index is 2.12. The first kappa shape index (κ1) is 18.8. The number of carboxylic acids is 1. The lowest BCUT2D eigenvalue weighted by atomic mass is 10.2. The Morgan fingerprint density at radius 3 is 2.52 bits per heavy atom. The lowest BCUT2D eigenvalue weighted by molar-refractivity contribution is 0.0689. The van der Waals surface area contributed by atoms with Crippen molar-refractivity contribution < 1.29 is 18.3 Å². The molecule has 0 saturated heterocycles. The number of aromatic nitrogens is 3. The third-order valence-corrected chi connectivity index (χ3v) is 6.79. The van der Waals surface area contributed by atoms with Crippen molar-refractivity contribution in [2.45, 2.75) is 37.3 Å². The largest absolute Gasteiger partial charge is 0.477 e. The van der Waals surface area contributed by atoms with Crippen LogP contribution in [0.1, 0.15) is 36.8 Å². The van der Waals surface area contributed by atoms with Crippen LogP contribution in [-0.2, 0) is 9.84 Å². The predicted octanol–water partition coefficient (Wildman–Crippen LogP) is 3.28. The molecule has 0 aliphatic heterocycles. The van der Waals surface area contributed by atoms with Gasteiger partial charge in [0.1, 0.15) is 5.69 Å². The highest BCUT2D eigenvalue weighted by atomic mass is 32.2. The Kier molecular flexibility index (Phi) is 4.43. The molecule has 27 heavy (non-hydrogen) atoms. The summed E-state index contributed by atoms with van der Waals surface area (Å²) in [6, 6.07) is 6.46. The zero-order valence-electron chi connectivity index (χ0n) is 15.4. The van der Waals surface area contributed by atoms with Gasteiger partial charge in [-0.25, -0.2) is 13.2 Å². The van der Waals surface area contributed by atoms with Crippen molar-refractivity contribution in [3.05, 3.63) is 41.7 Å². The summed E-state index contributed by atoms with van der Waals surface area (Å²) >= 11 is 0. The number of aromatic amines is 1. The van der Waals surface area contributed by atoms with Crippen molar-refractivity contribution in [2.75, 3.05) is 5.32 Å². The second-order valence-electron chi connectivity index (χ2n) is 7.16. The average Bonchev–Trinajstić information content (AvgIpc) is 2.94. The van der Waals surface area contributed by atoms with E-state index in [-0.39, 0.29) is 10.6 Å². The third kappa shape index (κ3) is 3.25. The lowest BCUT2D eigenvalue weighted by Crippen LogP contribution is -2.27. The molecule has 142 valence electrons. The van der Waals surface area contributed by atoms with Crippen LogP contribution in [0.25, 0.3) is 10.9 Å². The number of pyridine rings is 1. The summed E-state index contributed by atoms with van der Waals surface area (Å²) in [6.45, 7) is 6.58. The first-order valence-corrected chi connectivity index (χ1v) is 9.69. The molecule has 2 aromatic heterocycles. The summed E-state index contributed by atoms with van der Waals surface area (Å²) < 4.78 is 24.6.